The van der Waals surface area contributed by atoms with Gasteiger partial charge in [-0.2, -0.15) is 19.6 Å². The van der Waals surface area contributed by atoms with E-state index in [-0.39, 0.29) is 23.7 Å². The first-order valence-corrected chi connectivity index (χ1v) is 10.1. The van der Waals surface area contributed by atoms with E-state index in [1.54, 1.807) is 22.8 Å². The second-order valence-electron chi connectivity index (χ2n) is 7.36. The maximum atomic E-state index is 13.7. The van der Waals surface area contributed by atoms with Crippen LogP contribution in [0.15, 0.2) is 29.4 Å². The number of nitrogens with zero attached hydrogens (tertiary/aromatic N) is 5. The monoisotopic (exact) mass is 444 g/mol. The van der Waals surface area contributed by atoms with Crippen LogP contribution in [-0.4, -0.2) is 48.7 Å². The van der Waals surface area contributed by atoms with Crippen molar-refractivity contribution >= 4 is 40.8 Å². The van der Waals surface area contributed by atoms with Crippen molar-refractivity contribution in [2.24, 2.45) is 4.99 Å². The number of aliphatic hydroxyl groups is 1. The maximum absolute atomic E-state index is 13.7. The topological polar surface area (TPSA) is 129 Å². The fourth-order valence-electron chi connectivity index (χ4n) is 3.24. The van der Waals surface area contributed by atoms with Gasteiger partial charge >= 0.3 is 0 Å². The van der Waals surface area contributed by atoms with Gasteiger partial charge in [0, 0.05) is 24.6 Å². The smallest absolute Gasteiger partial charge is 0.269 e. The second kappa shape index (κ2) is 7.75. The zero-order chi connectivity index (χ0) is 21.5. The number of carbonyl (C=O) groups excluding carboxylic acids is 1. The quantitative estimate of drug-likeness (QED) is 0.434. The van der Waals surface area contributed by atoms with Gasteiger partial charge in [0.1, 0.15) is 11.5 Å². The molecule has 10 nitrogen and oxygen atoms in total. The molecule has 4 N–H and O–H groups in total. The Morgan fingerprint density at radius 3 is 2.87 bits per heavy atom. The van der Waals surface area contributed by atoms with Crippen molar-refractivity contribution in [3.8, 4) is 0 Å². The Morgan fingerprint density at radius 1 is 1.29 bits per heavy atom. The summed E-state index contributed by atoms with van der Waals surface area (Å²) < 4.78 is 15.3. The predicted octanol–water partition coefficient (Wildman–Crippen LogP) is 1.49. The van der Waals surface area contributed by atoms with E-state index < -0.39 is 18.1 Å². The van der Waals surface area contributed by atoms with Crippen molar-refractivity contribution in [2.75, 3.05) is 10.6 Å². The van der Waals surface area contributed by atoms with Crippen LogP contribution in [0.3, 0.4) is 0 Å². The van der Waals surface area contributed by atoms with E-state index in [2.05, 4.69) is 36.0 Å². The molecule has 1 atom stereocenters. The molecule has 1 saturated carbocycles. The highest BCUT2D eigenvalue weighted by molar-refractivity contribution is 6.40. The van der Waals surface area contributed by atoms with Gasteiger partial charge in [-0.05, 0) is 24.5 Å². The van der Waals surface area contributed by atoms with E-state index in [1.807, 2.05) is 0 Å². The number of carbonyl (C=O) groups is 1. The summed E-state index contributed by atoms with van der Waals surface area (Å²) >= 11 is 6.04. The molecule has 3 heterocycles. The van der Waals surface area contributed by atoms with Gasteiger partial charge in [-0.25, -0.2) is 9.38 Å². The largest absolute Gasteiger partial charge is 0.355 e. The minimum Gasteiger partial charge on any atom is -0.355 e. The van der Waals surface area contributed by atoms with E-state index in [4.69, 9.17) is 11.6 Å². The Labute approximate surface area is 180 Å². The number of benzene rings is 1. The molecule has 3 aromatic rings. The van der Waals surface area contributed by atoms with Gasteiger partial charge < -0.3 is 21.1 Å². The highest BCUT2D eigenvalue weighted by Gasteiger charge is 2.26. The number of fused-ring (bicyclic) bond motifs is 1. The van der Waals surface area contributed by atoms with Crippen LogP contribution in [0.4, 0.5) is 16.3 Å². The molecule has 0 bridgehead atoms. The van der Waals surface area contributed by atoms with Crippen LogP contribution in [0.25, 0.3) is 5.65 Å². The first-order chi connectivity index (χ1) is 15.0. The summed E-state index contributed by atoms with van der Waals surface area (Å²) in [5.41, 5.74) is 1.90. The molecule has 0 radical (unpaired) electrons. The van der Waals surface area contributed by atoms with Crippen molar-refractivity contribution in [1.29, 1.82) is 0 Å². The van der Waals surface area contributed by atoms with E-state index >= 15 is 0 Å². The maximum Gasteiger partial charge on any atom is 0.269 e. The molecule has 1 aliphatic carbocycles. The van der Waals surface area contributed by atoms with E-state index in [0.29, 0.717) is 34.7 Å². The lowest BCUT2D eigenvalue weighted by Gasteiger charge is -2.11. The van der Waals surface area contributed by atoms with Gasteiger partial charge in [-0.15, -0.1) is 0 Å². The zero-order valence-electron chi connectivity index (χ0n) is 16.1. The number of aliphatic hydroxyl groups excluding tert-OH is 1. The summed E-state index contributed by atoms with van der Waals surface area (Å²) in [7, 11) is 0. The standard InChI is InChI=1S/C19H18ClFN8O2/c20-14-9(2-1-3-12(14)21)7-22-17-26-15-10(6-13-16(30)27-19(31)25-13)8-23-29(15)18(28-17)24-11-4-5-11/h1-3,8,11,19,31H,4-7H2,(H,27,30)(H2,22,24,26,28). The molecule has 2 aliphatic rings. The average molecular weight is 445 g/mol. The van der Waals surface area contributed by atoms with Gasteiger partial charge in [0.05, 0.1) is 11.2 Å². The van der Waals surface area contributed by atoms with Crippen molar-refractivity contribution in [3.05, 3.63) is 46.4 Å². The van der Waals surface area contributed by atoms with Crippen molar-refractivity contribution in [2.45, 2.75) is 38.2 Å². The summed E-state index contributed by atoms with van der Waals surface area (Å²) in [5, 5.41) is 22.6. The fourth-order valence-corrected chi connectivity index (χ4v) is 3.43. The first-order valence-electron chi connectivity index (χ1n) is 9.71. The molecule has 2 aromatic heterocycles. The van der Waals surface area contributed by atoms with Gasteiger partial charge in [0.15, 0.2) is 5.65 Å². The van der Waals surface area contributed by atoms with Crippen LogP contribution in [0, 0.1) is 5.82 Å². The van der Waals surface area contributed by atoms with Crippen LogP contribution in [0.2, 0.25) is 5.02 Å². The number of aliphatic imine (C=N–C) groups is 1. The van der Waals surface area contributed by atoms with Gasteiger partial charge in [-0.1, -0.05) is 23.7 Å². The van der Waals surface area contributed by atoms with Crippen LogP contribution in [0.1, 0.15) is 24.0 Å². The molecule has 1 unspecified atom stereocenters. The third kappa shape index (κ3) is 4.01. The number of halogens is 2. The second-order valence-corrected chi connectivity index (χ2v) is 7.74. The number of rotatable bonds is 7. The lowest BCUT2D eigenvalue weighted by molar-refractivity contribution is -0.116. The number of anilines is 2. The molecule has 12 heteroatoms. The van der Waals surface area contributed by atoms with Crippen LogP contribution in [-0.2, 0) is 17.8 Å². The molecule has 0 saturated heterocycles. The van der Waals surface area contributed by atoms with Gasteiger partial charge in [-0.3, -0.25) is 4.79 Å². The third-order valence-corrected chi connectivity index (χ3v) is 5.40. The molecular weight excluding hydrogens is 427 g/mol. The Hall–Kier alpha value is -3.31. The van der Waals surface area contributed by atoms with E-state index in [0.717, 1.165) is 12.8 Å². The SMILES string of the molecule is O=C1NC(O)N=C1Cc1cnn2c(NC3CC3)nc(NCc3cccc(F)c3Cl)nc12. The molecule has 5 rings (SSSR count). The minimum atomic E-state index is -1.24. The number of amides is 1. The van der Waals surface area contributed by atoms with E-state index in [9.17, 15) is 14.3 Å². The summed E-state index contributed by atoms with van der Waals surface area (Å²) in [6.45, 7) is 0.223. The lowest BCUT2D eigenvalue weighted by Crippen LogP contribution is -2.29. The third-order valence-electron chi connectivity index (χ3n) is 4.98. The summed E-state index contributed by atoms with van der Waals surface area (Å²) in [6, 6.07) is 4.91. The van der Waals surface area contributed by atoms with Crippen molar-refractivity contribution in [3.63, 3.8) is 0 Å². The summed E-state index contributed by atoms with van der Waals surface area (Å²) in [5.74, 6) is -0.124. The minimum absolute atomic E-state index is 0.0428. The van der Waals surface area contributed by atoms with Gasteiger partial charge in [0.25, 0.3) is 5.91 Å². The van der Waals surface area contributed by atoms with E-state index in [1.165, 1.54) is 6.07 Å². The zero-order valence-corrected chi connectivity index (χ0v) is 16.9. The summed E-state index contributed by atoms with van der Waals surface area (Å²) in [6.07, 6.45) is 2.59. The van der Waals surface area contributed by atoms with Crippen LogP contribution >= 0.6 is 11.6 Å². The highest BCUT2D eigenvalue weighted by atomic mass is 35.5. The van der Waals surface area contributed by atoms with Crippen molar-refractivity contribution in [1.82, 2.24) is 24.9 Å². The first kappa shape index (κ1) is 19.6. The number of aromatic nitrogens is 4. The molecule has 1 amide bonds. The Bertz CT molecular complexity index is 1210. The Kier molecular flexibility index (Phi) is 4.91. The predicted molar refractivity (Wildman–Crippen MR) is 111 cm³/mol. The average Bonchev–Trinajstić information content (AvgIpc) is 3.37. The molecule has 0 spiro atoms. The van der Waals surface area contributed by atoms with Crippen LogP contribution < -0.4 is 16.0 Å². The summed E-state index contributed by atoms with van der Waals surface area (Å²) in [4.78, 5) is 24.9. The fraction of sp³-hybridized carbons (Fsp3) is 0.316. The molecule has 1 aromatic carbocycles. The Balaban J connectivity index is 1.47. The molecule has 160 valence electrons. The molecule has 1 aliphatic heterocycles. The van der Waals surface area contributed by atoms with Crippen molar-refractivity contribution < 1.29 is 14.3 Å². The number of nitrogens with one attached hydrogen (secondary N) is 3. The molecule has 31 heavy (non-hydrogen) atoms. The lowest BCUT2D eigenvalue weighted by atomic mass is 10.1. The Morgan fingerprint density at radius 2 is 2.13 bits per heavy atom. The molecule has 1 fully saturated rings. The van der Waals surface area contributed by atoms with Gasteiger partial charge in [0.2, 0.25) is 18.2 Å². The number of hydrogen-bond donors (Lipinski definition) is 4. The highest BCUT2D eigenvalue weighted by Crippen LogP contribution is 2.26. The molecular formula is C19H18ClFN8O2. The number of hydrogen-bond acceptors (Lipinski definition) is 8. The normalized spacial score (nSPS) is 18.2. The van der Waals surface area contributed by atoms with Crippen LogP contribution in [0.5, 0.6) is 0 Å².